The Morgan fingerprint density at radius 1 is 1.17 bits per heavy atom. The van der Waals surface area contributed by atoms with Gasteiger partial charge in [-0.25, -0.2) is 0 Å². The molecule has 0 bridgehead atoms. The number of carbonyl (C=O) groups excluding carboxylic acids is 1. The minimum Gasteiger partial charge on any atom is -0.492 e. The van der Waals surface area contributed by atoms with Crippen LogP contribution in [0.5, 0.6) is 11.5 Å². The minimum atomic E-state index is -0.733. The summed E-state index contributed by atoms with van der Waals surface area (Å²) in [5, 5.41) is 3.65. The van der Waals surface area contributed by atoms with E-state index in [2.05, 4.69) is 5.32 Å². The molecule has 0 aliphatic rings. The first-order valence-corrected chi connectivity index (χ1v) is 7.91. The number of nitrogens with one attached hydrogen (secondary N) is 1. The largest absolute Gasteiger partial charge is 0.492 e. The van der Waals surface area contributed by atoms with E-state index >= 15 is 0 Å². The predicted octanol–water partition coefficient (Wildman–Crippen LogP) is 4.80. The van der Waals surface area contributed by atoms with Crippen molar-refractivity contribution in [2.24, 2.45) is 0 Å². The average Bonchev–Trinajstić information content (AvgIpc) is 2.52. The molecule has 1 atom stereocenters. The first kappa shape index (κ1) is 17.4. The van der Waals surface area contributed by atoms with Crippen molar-refractivity contribution in [1.82, 2.24) is 0 Å². The van der Waals surface area contributed by atoms with Crippen LogP contribution in [0.1, 0.15) is 13.8 Å². The molecule has 0 heterocycles. The molecule has 0 aromatic heterocycles. The lowest BCUT2D eigenvalue weighted by Gasteiger charge is -2.17. The summed E-state index contributed by atoms with van der Waals surface area (Å²) in [4.78, 5) is 12.3. The number of rotatable bonds is 6. The average molecular weight is 354 g/mol. The second-order valence-electron chi connectivity index (χ2n) is 4.75. The van der Waals surface area contributed by atoms with Gasteiger partial charge < -0.3 is 14.8 Å². The molecule has 0 saturated heterocycles. The third kappa shape index (κ3) is 4.78. The first-order valence-electron chi connectivity index (χ1n) is 7.15. The summed E-state index contributed by atoms with van der Waals surface area (Å²) in [6.45, 7) is 4.04. The molecule has 0 aliphatic carbocycles. The van der Waals surface area contributed by atoms with E-state index < -0.39 is 6.10 Å². The lowest BCUT2D eigenvalue weighted by Crippen LogP contribution is -2.30. The molecule has 2 rings (SSSR count). The zero-order valence-corrected chi connectivity index (χ0v) is 14.3. The van der Waals surface area contributed by atoms with E-state index in [9.17, 15) is 4.79 Å². The lowest BCUT2D eigenvalue weighted by molar-refractivity contribution is -0.122. The smallest absolute Gasteiger partial charge is 0.265 e. The van der Waals surface area contributed by atoms with E-state index in [1.807, 2.05) is 19.1 Å². The van der Waals surface area contributed by atoms with Gasteiger partial charge in [0.15, 0.2) is 6.10 Å². The van der Waals surface area contributed by atoms with Gasteiger partial charge >= 0.3 is 0 Å². The first-order chi connectivity index (χ1) is 11.0. The minimum absolute atomic E-state index is 0.303. The normalized spacial score (nSPS) is 11.7. The van der Waals surface area contributed by atoms with Crippen LogP contribution in [0.4, 0.5) is 5.69 Å². The SMILES string of the molecule is CCOc1ccccc1NC(=O)[C@@H](C)Oc1ccc(Cl)cc1Cl. The van der Waals surface area contributed by atoms with Gasteiger partial charge in [0.05, 0.1) is 17.3 Å². The standard InChI is InChI=1S/C17H17Cl2NO3/c1-3-22-16-7-5-4-6-14(16)20-17(21)11(2)23-15-9-8-12(18)10-13(15)19/h4-11H,3H2,1-2H3,(H,20,21)/t11-/m1/s1. The van der Waals surface area contributed by atoms with Gasteiger partial charge in [-0.05, 0) is 44.2 Å². The maximum absolute atomic E-state index is 12.3. The number of halogens is 2. The van der Waals surface area contributed by atoms with E-state index in [1.165, 1.54) is 0 Å². The Labute approximate surface area is 145 Å². The van der Waals surface area contributed by atoms with Crippen LogP contribution in [-0.2, 0) is 4.79 Å². The molecule has 0 aliphatic heterocycles. The number of hydrogen-bond donors (Lipinski definition) is 1. The summed E-state index contributed by atoms with van der Waals surface area (Å²) >= 11 is 11.9. The Kier molecular flexibility index (Phi) is 6.13. The third-order valence-corrected chi connectivity index (χ3v) is 3.54. The Morgan fingerprint density at radius 2 is 1.91 bits per heavy atom. The Morgan fingerprint density at radius 3 is 2.61 bits per heavy atom. The lowest BCUT2D eigenvalue weighted by atomic mass is 10.2. The van der Waals surface area contributed by atoms with E-state index in [-0.39, 0.29) is 5.91 Å². The highest BCUT2D eigenvalue weighted by molar-refractivity contribution is 6.35. The van der Waals surface area contributed by atoms with Gasteiger partial charge in [-0.3, -0.25) is 4.79 Å². The van der Waals surface area contributed by atoms with Crippen molar-refractivity contribution in [3.8, 4) is 11.5 Å². The van der Waals surface area contributed by atoms with Gasteiger partial charge in [-0.15, -0.1) is 0 Å². The molecule has 122 valence electrons. The Bertz CT molecular complexity index is 691. The molecule has 0 saturated carbocycles. The van der Waals surface area contributed by atoms with E-state index in [4.69, 9.17) is 32.7 Å². The van der Waals surface area contributed by atoms with Gasteiger partial charge in [0.25, 0.3) is 5.91 Å². The molecular formula is C17H17Cl2NO3. The van der Waals surface area contributed by atoms with Crippen molar-refractivity contribution < 1.29 is 14.3 Å². The van der Waals surface area contributed by atoms with Crippen LogP contribution in [0.25, 0.3) is 0 Å². The predicted molar refractivity (Wildman–Crippen MR) is 92.8 cm³/mol. The molecule has 0 unspecified atom stereocenters. The number of benzene rings is 2. The molecule has 2 aromatic carbocycles. The van der Waals surface area contributed by atoms with Gasteiger partial charge in [0.1, 0.15) is 11.5 Å². The van der Waals surface area contributed by atoms with Crippen molar-refractivity contribution in [1.29, 1.82) is 0 Å². The number of hydrogen-bond acceptors (Lipinski definition) is 3. The number of anilines is 1. The number of amides is 1. The van der Waals surface area contributed by atoms with Crippen molar-refractivity contribution in [3.05, 3.63) is 52.5 Å². The second-order valence-corrected chi connectivity index (χ2v) is 5.60. The zero-order valence-electron chi connectivity index (χ0n) is 12.8. The molecule has 0 fully saturated rings. The molecule has 23 heavy (non-hydrogen) atoms. The van der Waals surface area contributed by atoms with Crippen LogP contribution in [0.15, 0.2) is 42.5 Å². The molecule has 0 radical (unpaired) electrons. The van der Waals surface area contributed by atoms with Crippen LogP contribution in [0, 0.1) is 0 Å². The zero-order chi connectivity index (χ0) is 16.8. The fourth-order valence-electron chi connectivity index (χ4n) is 1.90. The van der Waals surface area contributed by atoms with Crippen molar-refractivity contribution >= 4 is 34.8 Å². The quantitative estimate of drug-likeness (QED) is 0.811. The molecule has 1 amide bonds. The molecular weight excluding hydrogens is 337 g/mol. The molecule has 6 heteroatoms. The summed E-state index contributed by atoms with van der Waals surface area (Å²) in [7, 11) is 0. The van der Waals surface area contributed by atoms with Crippen LogP contribution in [0.3, 0.4) is 0 Å². The van der Waals surface area contributed by atoms with E-state index in [0.717, 1.165) is 0 Å². The summed E-state index contributed by atoms with van der Waals surface area (Å²) in [5.41, 5.74) is 0.594. The maximum atomic E-state index is 12.3. The summed E-state index contributed by atoms with van der Waals surface area (Å²) < 4.78 is 11.1. The van der Waals surface area contributed by atoms with Crippen molar-refractivity contribution in [3.63, 3.8) is 0 Å². The molecule has 4 nitrogen and oxygen atoms in total. The highest BCUT2D eigenvalue weighted by Gasteiger charge is 2.18. The van der Waals surface area contributed by atoms with E-state index in [1.54, 1.807) is 37.3 Å². The third-order valence-electron chi connectivity index (χ3n) is 3.01. The van der Waals surface area contributed by atoms with Crippen molar-refractivity contribution in [2.45, 2.75) is 20.0 Å². The van der Waals surface area contributed by atoms with Crippen molar-refractivity contribution in [2.75, 3.05) is 11.9 Å². The summed E-state index contributed by atoms with van der Waals surface area (Å²) in [6.07, 6.45) is -0.733. The molecule has 1 N–H and O–H groups in total. The maximum Gasteiger partial charge on any atom is 0.265 e. The molecule has 0 spiro atoms. The van der Waals surface area contributed by atoms with Crippen LogP contribution < -0.4 is 14.8 Å². The Balaban J connectivity index is 2.05. The fourth-order valence-corrected chi connectivity index (χ4v) is 2.35. The van der Waals surface area contributed by atoms with Crippen LogP contribution in [-0.4, -0.2) is 18.6 Å². The summed E-state index contributed by atoms with van der Waals surface area (Å²) in [6, 6.07) is 12.1. The Hall–Kier alpha value is -1.91. The fraction of sp³-hybridized carbons (Fsp3) is 0.235. The highest BCUT2D eigenvalue weighted by Crippen LogP contribution is 2.29. The monoisotopic (exact) mass is 353 g/mol. The molecule has 2 aromatic rings. The van der Waals surface area contributed by atoms with Gasteiger partial charge in [-0.2, -0.15) is 0 Å². The summed E-state index contributed by atoms with van der Waals surface area (Å²) in [5.74, 6) is 0.708. The topological polar surface area (TPSA) is 47.6 Å². The highest BCUT2D eigenvalue weighted by atomic mass is 35.5. The second kappa shape index (κ2) is 8.09. The number of carbonyl (C=O) groups is 1. The van der Waals surface area contributed by atoms with Gasteiger partial charge in [0.2, 0.25) is 0 Å². The van der Waals surface area contributed by atoms with Crippen LogP contribution in [0.2, 0.25) is 10.0 Å². The van der Waals surface area contributed by atoms with E-state index in [0.29, 0.717) is 33.8 Å². The van der Waals surface area contributed by atoms with Gasteiger partial charge in [-0.1, -0.05) is 35.3 Å². The number of para-hydroxylation sites is 2. The van der Waals surface area contributed by atoms with Crippen LogP contribution >= 0.6 is 23.2 Å². The number of ether oxygens (including phenoxy) is 2. The van der Waals surface area contributed by atoms with Gasteiger partial charge in [0, 0.05) is 5.02 Å².